The summed E-state index contributed by atoms with van der Waals surface area (Å²) in [6, 6.07) is 19.9. The Balaban J connectivity index is 1.84. The monoisotopic (exact) mass is 390 g/mol. The van der Waals surface area contributed by atoms with E-state index in [9.17, 15) is 9.90 Å². The number of hydrogen-bond acceptors (Lipinski definition) is 5. The molecule has 0 radical (unpaired) electrons. The third kappa shape index (κ3) is 3.33. The number of fused-ring (bicyclic) bond motifs is 1. The number of anilines is 2. The second-order valence-corrected chi connectivity index (χ2v) is 6.59. The zero-order valence-electron chi connectivity index (χ0n) is 16.3. The summed E-state index contributed by atoms with van der Waals surface area (Å²) in [7, 11) is 1.50. The standard InChI is InChI=1S/C23H22N2O4/c1-3-29-16-13-11-15(12-14-16)25-22(18-8-6-10-20(28-2)21(18)26)24-19-9-5-4-7-17(19)23(25)27/h4-14,22,24,26H,3H2,1-2H3/t22-/m0/s1. The van der Waals surface area contributed by atoms with Gasteiger partial charge in [-0.05, 0) is 49.4 Å². The molecule has 1 aliphatic heterocycles. The Hall–Kier alpha value is -3.67. The fourth-order valence-corrected chi connectivity index (χ4v) is 3.53. The summed E-state index contributed by atoms with van der Waals surface area (Å²) in [6.45, 7) is 2.49. The van der Waals surface area contributed by atoms with Crippen molar-refractivity contribution in [3.8, 4) is 17.2 Å². The SMILES string of the molecule is CCOc1ccc(N2C(=O)c3ccccc3N[C@@H]2c2cccc(OC)c2O)cc1. The van der Waals surface area contributed by atoms with Gasteiger partial charge >= 0.3 is 0 Å². The second-order valence-electron chi connectivity index (χ2n) is 6.59. The maximum Gasteiger partial charge on any atom is 0.262 e. The molecule has 4 rings (SSSR count). The normalized spacial score (nSPS) is 15.4. The lowest BCUT2D eigenvalue weighted by Crippen LogP contribution is -2.43. The summed E-state index contributed by atoms with van der Waals surface area (Å²) in [5, 5.41) is 14.1. The molecule has 148 valence electrons. The Morgan fingerprint density at radius 1 is 1.03 bits per heavy atom. The highest BCUT2D eigenvalue weighted by molar-refractivity contribution is 6.12. The minimum Gasteiger partial charge on any atom is -0.504 e. The number of nitrogens with one attached hydrogen (secondary N) is 1. The van der Waals surface area contributed by atoms with Gasteiger partial charge in [-0.25, -0.2) is 0 Å². The van der Waals surface area contributed by atoms with Crippen LogP contribution in [0.3, 0.4) is 0 Å². The number of methoxy groups -OCH3 is 1. The Morgan fingerprint density at radius 2 is 1.79 bits per heavy atom. The van der Waals surface area contributed by atoms with Gasteiger partial charge in [-0.3, -0.25) is 9.69 Å². The molecule has 6 nitrogen and oxygen atoms in total. The van der Waals surface area contributed by atoms with Crippen LogP contribution in [-0.4, -0.2) is 24.7 Å². The van der Waals surface area contributed by atoms with Gasteiger partial charge < -0.3 is 19.9 Å². The van der Waals surface area contributed by atoms with E-state index in [-0.39, 0.29) is 11.7 Å². The average molecular weight is 390 g/mol. The first-order valence-corrected chi connectivity index (χ1v) is 9.42. The van der Waals surface area contributed by atoms with E-state index in [2.05, 4.69) is 5.32 Å². The summed E-state index contributed by atoms with van der Waals surface area (Å²) >= 11 is 0. The van der Waals surface area contributed by atoms with E-state index in [0.717, 1.165) is 5.75 Å². The highest BCUT2D eigenvalue weighted by atomic mass is 16.5. The molecule has 3 aromatic rings. The van der Waals surface area contributed by atoms with Crippen LogP contribution in [0.2, 0.25) is 0 Å². The number of aromatic hydroxyl groups is 1. The third-order valence-electron chi connectivity index (χ3n) is 4.90. The molecule has 1 atom stereocenters. The summed E-state index contributed by atoms with van der Waals surface area (Å²) in [5.74, 6) is 0.920. The van der Waals surface area contributed by atoms with Crippen LogP contribution in [0.15, 0.2) is 66.7 Å². The molecule has 0 saturated heterocycles. The van der Waals surface area contributed by atoms with E-state index in [0.29, 0.717) is 34.9 Å². The van der Waals surface area contributed by atoms with Gasteiger partial charge in [-0.2, -0.15) is 0 Å². The van der Waals surface area contributed by atoms with Crippen LogP contribution >= 0.6 is 0 Å². The van der Waals surface area contributed by atoms with Crippen LogP contribution < -0.4 is 19.7 Å². The molecular weight excluding hydrogens is 368 g/mol. The van der Waals surface area contributed by atoms with Crippen LogP contribution in [0, 0.1) is 0 Å². The van der Waals surface area contributed by atoms with Gasteiger partial charge in [0.05, 0.1) is 19.3 Å². The summed E-state index contributed by atoms with van der Waals surface area (Å²) in [4.78, 5) is 15.1. The van der Waals surface area contributed by atoms with Gasteiger partial charge in [-0.15, -0.1) is 0 Å². The Labute approximate surface area is 169 Å². The van der Waals surface area contributed by atoms with Gasteiger partial charge in [-0.1, -0.05) is 24.3 Å². The maximum atomic E-state index is 13.4. The number of phenolic OH excluding ortho intramolecular Hbond substituents is 1. The molecule has 1 amide bonds. The van der Waals surface area contributed by atoms with Crippen molar-refractivity contribution in [1.29, 1.82) is 0 Å². The molecule has 29 heavy (non-hydrogen) atoms. The first kappa shape index (κ1) is 18.7. The molecule has 0 aliphatic carbocycles. The topological polar surface area (TPSA) is 71.0 Å². The van der Waals surface area contributed by atoms with Crippen LogP contribution in [0.25, 0.3) is 0 Å². The lowest BCUT2D eigenvalue weighted by atomic mass is 10.0. The second kappa shape index (κ2) is 7.75. The van der Waals surface area contributed by atoms with Crippen molar-refractivity contribution < 1.29 is 19.4 Å². The van der Waals surface area contributed by atoms with Crippen molar-refractivity contribution in [3.05, 3.63) is 77.9 Å². The summed E-state index contributed by atoms with van der Waals surface area (Å²) in [5.41, 5.74) is 2.51. The first-order chi connectivity index (χ1) is 14.1. The van der Waals surface area contributed by atoms with Crippen molar-refractivity contribution in [2.75, 3.05) is 23.9 Å². The number of amides is 1. The Bertz CT molecular complexity index is 1030. The molecule has 0 bridgehead atoms. The van der Waals surface area contributed by atoms with Crippen molar-refractivity contribution in [2.45, 2.75) is 13.1 Å². The molecule has 0 fully saturated rings. The molecule has 0 aromatic heterocycles. The van der Waals surface area contributed by atoms with Crippen molar-refractivity contribution >= 4 is 17.3 Å². The molecule has 6 heteroatoms. The van der Waals surface area contributed by atoms with Gasteiger partial charge in [0.1, 0.15) is 11.9 Å². The number of rotatable bonds is 5. The largest absolute Gasteiger partial charge is 0.504 e. The van der Waals surface area contributed by atoms with Gasteiger partial charge in [0.25, 0.3) is 5.91 Å². The lowest BCUT2D eigenvalue weighted by molar-refractivity contribution is 0.0974. The maximum absolute atomic E-state index is 13.4. The van der Waals surface area contributed by atoms with Crippen LogP contribution in [0.4, 0.5) is 11.4 Å². The first-order valence-electron chi connectivity index (χ1n) is 9.42. The number of phenols is 1. The molecule has 0 spiro atoms. The number of hydrogen-bond donors (Lipinski definition) is 2. The number of carbonyl (C=O) groups is 1. The van der Waals surface area contributed by atoms with E-state index in [4.69, 9.17) is 9.47 Å². The number of benzene rings is 3. The summed E-state index contributed by atoms with van der Waals surface area (Å²) in [6.07, 6.45) is -0.606. The van der Waals surface area contributed by atoms with E-state index in [1.807, 2.05) is 49.4 Å². The van der Waals surface area contributed by atoms with E-state index in [1.165, 1.54) is 7.11 Å². The number of carbonyl (C=O) groups excluding carboxylic acids is 1. The molecule has 1 heterocycles. The number of ether oxygens (including phenoxy) is 2. The van der Waals surface area contributed by atoms with Crippen LogP contribution in [0.1, 0.15) is 29.0 Å². The fourth-order valence-electron chi connectivity index (χ4n) is 3.53. The van der Waals surface area contributed by atoms with E-state index < -0.39 is 6.17 Å². The molecule has 1 aliphatic rings. The highest BCUT2D eigenvalue weighted by Crippen LogP contribution is 2.42. The van der Waals surface area contributed by atoms with Crippen LogP contribution in [-0.2, 0) is 0 Å². The molecule has 2 N–H and O–H groups in total. The average Bonchev–Trinajstić information content (AvgIpc) is 2.75. The van der Waals surface area contributed by atoms with E-state index in [1.54, 1.807) is 29.2 Å². The number of para-hydroxylation sites is 2. The van der Waals surface area contributed by atoms with Crippen LogP contribution in [0.5, 0.6) is 17.2 Å². The Morgan fingerprint density at radius 3 is 2.52 bits per heavy atom. The van der Waals surface area contributed by atoms with Gasteiger partial charge in [0.2, 0.25) is 0 Å². The smallest absolute Gasteiger partial charge is 0.262 e. The van der Waals surface area contributed by atoms with E-state index >= 15 is 0 Å². The quantitative estimate of drug-likeness (QED) is 0.668. The third-order valence-corrected chi connectivity index (χ3v) is 4.90. The predicted octanol–water partition coefficient (Wildman–Crippen LogP) is 4.57. The minimum atomic E-state index is -0.606. The summed E-state index contributed by atoms with van der Waals surface area (Å²) < 4.78 is 10.8. The molecule has 0 saturated carbocycles. The minimum absolute atomic E-state index is 0.00406. The highest BCUT2D eigenvalue weighted by Gasteiger charge is 2.35. The lowest BCUT2D eigenvalue weighted by Gasteiger charge is -2.38. The van der Waals surface area contributed by atoms with Crippen molar-refractivity contribution in [3.63, 3.8) is 0 Å². The zero-order chi connectivity index (χ0) is 20.4. The molecular formula is C23H22N2O4. The number of nitrogens with zero attached hydrogens (tertiary/aromatic N) is 1. The van der Waals surface area contributed by atoms with Gasteiger partial charge in [0, 0.05) is 16.9 Å². The van der Waals surface area contributed by atoms with Gasteiger partial charge in [0.15, 0.2) is 11.5 Å². The fraction of sp³-hybridized carbons (Fsp3) is 0.174. The van der Waals surface area contributed by atoms with Crippen molar-refractivity contribution in [1.82, 2.24) is 0 Å². The molecule has 0 unspecified atom stereocenters. The Kier molecular flexibility index (Phi) is 4.99. The zero-order valence-corrected chi connectivity index (χ0v) is 16.3. The predicted molar refractivity (Wildman–Crippen MR) is 112 cm³/mol. The van der Waals surface area contributed by atoms with Crippen molar-refractivity contribution in [2.24, 2.45) is 0 Å². The molecule has 3 aromatic carbocycles.